The second-order valence-electron chi connectivity index (χ2n) is 7.65. The first-order valence-electron chi connectivity index (χ1n) is 8.98. The average molecular weight is 351 g/mol. The molecule has 1 unspecified atom stereocenters. The molecule has 0 saturated carbocycles. The van der Waals surface area contributed by atoms with Gasteiger partial charge in [0.2, 0.25) is 0 Å². The Bertz CT molecular complexity index is 711. The van der Waals surface area contributed by atoms with E-state index in [9.17, 15) is 9.59 Å². The lowest BCUT2D eigenvalue weighted by molar-refractivity contribution is -0.115. The molecule has 1 aliphatic rings. The number of carbonyl (C=O) groups excluding carboxylic acids is 1. The van der Waals surface area contributed by atoms with E-state index in [2.05, 4.69) is 38.1 Å². The SMILES string of the molecule is CC(C)(CC1C=CC(=O)CC1)[Si](O)(c1ccccc1)c1ccccc1. The molecule has 0 aliphatic heterocycles. The van der Waals surface area contributed by atoms with E-state index < -0.39 is 8.32 Å². The zero-order valence-electron chi connectivity index (χ0n) is 15.0. The Labute approximate surface area is 151 Å². The van der Waals surface area contributed by atoms with Crippen LogP contribution in [0.4, 0.5) is 0 Å². The number of allylic oxidation sites excluding steroid dienone is 2. The Morgan fingerprint density at radius 2 is 1.52 bits per heavy atom. The standard InChI is InChI=1S/C22H26O2Si/c1-22(2,17-18-13-15-19(23)16-14-18)25(24,20-9-5-3-6-10-20)21-11-7-4-8-12-21/h3-13,15,18,24H,14,16-17H2,1-2H3. The van der Waals surface area contributed by atoms with Crippen molar-refractivity contribution in [3.8, 4) is 0 Å². The van der Waals surface area contributed by atoms with Crippen molar-refractivity contribution in [2.75, 3.05) is 0 Å². The summed E-state index contributed by atoms with van der Waals surface area (Å²) < 4.78 is 0. The minimum Gasteiger partial charge on any atom is -0.424 e. The van der Waals surface area contributed by atoms with Gasteiger partial charge in [0, 0.05) is 6.42 Å². The Kier molecular flexibility index (Phi) is 5.07. The van der Waals surface area contributed by atoms with Crippen LogP contribution in [-0.2, 0) is 4.79 Å². The number of rotatable bonds is 5. The van der Waals surface area contributed by atoms with Crippen molar-refractivity contribution >= 4 is 24.5 Å². The highest BCUT2D eigenvalue weighted by Crippen LogP contribution is 2.43. The summed E-state index contributed by atoms with van der Waals surface area (Å²) in [6.45, 7) is 4.37. The van der Waals surface area contributed by atoms with Crippen LogP contribution in [0, 0.1) is 5.92 Å². The third-order valence-corrected chi connectivity index (χ3v) is 9.95. The Morgan fingerprint density at radius 1 is 1.00 bits per heavy atom. The van der Waals surface area contributed by atoms with E-state index >= 15 is 0 Å². The predicted octanol–water partition coefficient (Wildman–Crippen LogP) is 3.44. The summed E-state index contributed by atoms with van der Waals surface area (Å²) in [5, 5.41) is 1.83. The Balaban J connectivity index is 2.02. The van der Waals surface area contributed by atoms with Gasteiger partial charge in [0.15, 0.2) is 5.78 Å². The average Bonchev–Trinajstić information content (AvgIpc) is 2.64. The molecule has 25 heavy (non-hydrogen) atoms. The van der Waals surface area contributed by atoms with Crippen LogP contribution in [0.1, 0.15) is 33.1 Å². The highest BCUT2D eigenvalue weighted by atomic mass is 28.4. The molecule has 2 nitrogen and oxygen atoms in total. The second-order valence-corrected chi connectivity index (χ2v) is 11.6. The number of carbonyl (C=O) groups is 1. The van der Waals surface area contributed by atoms with Crippen molar-refractivity contribution in [3.05, 3.63) is 72.8 Å². The minimum absolute atomic E-state index is 0.215. The summed E-state index contributed by atoms with van der Waals surface area (Å²) in [6.07, 6.45) is 6.14. The fraction of sp³-hybridized carbons (Fsp3) is 0.318. The lowest BCUT2D eigenvalue weighted by atomic mass is 9.87. The van der Waals surface area contributed by atoms with Crippen molar-refractivity contribution in [2.45, 2.75) is 38.1 Å². The molecule has 0 spiro atoms. The van der Waals surface area contributed by atoms with Crippen LogP contribution in [-0.4, -0.2) is 18.9 Å². The van der Waals surface area contributed by atoms with Gasteiger partial charge in [0.05, 0.1) is 0 Å². The van der Waals surface area contributed by atoms with Crippen LogP contribution in [0.5, 0.6) is 0 Å². The van der Waals surface area contributed by atoms with E-state index in [1.54, 1.807) is 6.08 Å². The largest absolute Gasteiger partial charge is 0.424 e. The first-order chi connectivity index (χ1) is 11.9. The third kappa shape index (κ3) is 3.53. The summed E-state index contributed by atoms with van der Waals surface area (Å²) >= 11 is 0. The van der Waals surface area contributed by atoms with Gasteiger partial charge in [-0.3, -0.25) is 4.79 Å². The minimum atomic E-state index is -2.95. The molecule has 0 aromatic heterocycles. The van der Waals surface area contributed by atoms with Gasteiger partial charge >= 0.3 is 0 Å². The monoisotopic (exact) mass is 350 g/mol. The summed E-state index contributed by atoms with van der Waals surface area (Å²) in [5.74, 6) is 0.562. The van der Waals surface area contributed by atoms with E-state index in [4.69, 9.17) is 0 Å². The molecule has 0 amide bonds. The molecule has 1 atom stereocenters. The quantitative estimate of drug-likeness (QED) is 0.839. The van der Waals surface area contributed by atoms with Gasteiger partial charge in [-0.15, -0.1) is 0 Å². The topological polar surface area (TPSA) is 37.3 Å². The first kappa shape index (κ1) is 17.8. The lowest BCUT2D eigenvalue weighted by Crippen LogP contribution is -2.65. The van der Waals surface area contributed by atoms with Crippen molar-refractivity contribution in [1.82, 2.24) is 0 Å². The maximum absolute atomic E-state index is 12.1. The van der Waals surface area contributed by atoms with E-state index in [1.165, 1.54) is 0 Å². The van der Waals surface area contributed by atoms with Gasteiger partial charge in [-0.05, 0) is 40.2 Å². The van der Waals surface area contributed by atoms with Gasteiger partial charge in [-0.1, -0.05) is 80.6 Å². The van der Waals surface area contributed by atoms with Crippen molar-refractivity contribution in [1.29, 1.82) is 0 Å². The number of benzene rings is 2. The Morgan fingerprint density at radius 3 is 1.96 bits per heavy atom. The molecule has 0 heterocycles. The van der Waals surface area contributed by atoms with Gasteiger partial charge in [-0.25, -0.2) is 0 Å². The van der Waals surface area contributed by atoms with Gasteiger partial charge in [0.25, 0.3) is 8.32 Å². The zero-order chi connectivity index (χ0) is 17.9. The molecule has 1 N–H and O–H groups in total. The highest BCUT2D eigenvalue weighted by molar-refractivity contribution is 6.98. The predicted molar refractivity (Wildman–Crippen MR) is 106 cm³/mol. The maximum Gasteiger partial charge on any atom is 0.258 e. The van der Waals surface area contributed by atoms with Crippen molar-refractivity contribution < 1.29 is 9.59 Å². The fourth-order valence-electron chi connectivity index (χ4n) is 4.03. The number of hydrogen-bond acceptors (Lipinski definition) is 2. The van der Waals surface area contributed by atoms with Crippen molar-refractivity contribution in [3.63, 3.8) is 0 Å². The molecular weight excluding hydrogens is 324 g/mol. The summed E-state index contributed by atoms with van der Waals surface area (Å²) in [7, 11) is -2.95. The van der Waals surface area contributed by atoms with Crippen LogP contribution in [0.25, 0.3) is 0 Å². The molecular formula is C22H26O2Si. The molecule has 2 aromatic carbocycles. The molecule has 130 valence electrons. The van der Waals surface area contributed by atoms with Crippen LogP contribution in [0.3, 0.4) is 0 Å². The fourth-order valence-corrected chi connectivity index (χ4v) is 7.83. The normalized spacial score (nSPS) is 18.4. The second kappa shape index (κ2) is 7.10. The lowest BCUT2D eigenvalue weighted by Gasteiger charge is -2.43. The summed E-state index contributed by atoms with van der Waals surface area (Å²) in [4.78, 5) is 23.6. The van der Waals surface area contributed by atoms with E-state index in [0.29, 0.717) is 12.3 Å². The maximum atomic E-state index is 12.1. The van der Waals surface area contributed by atoms with Gasteiger partial charge < -0.3 is 4.80 Å². The summed E-state index contributed by atoms with van der Waals surface area (Å²) in [5.41, 5.74) is 0. The molecule has 2 aromatic rings. The molecule has 0 fully saturated rings. The van der Waals surface area contributed by atoms with E-state index in [1.807, 2.05) is 42.5 Å². The Hall–Kier alpha value is -1.97. The van der Waals surface area contributed by atoms with E-state index in [0.717, 1.165) is 23.2 Å². The van der Waals surface area contributed by atoms with Crippen molar-refractivity contribution in [2.24, 2.45) is 5.92 Å². The number of hydrogen-bond donors (Lipinski definition) is 1. The summed E-state index contributed by atoms with van der Waals surface area (Å²) in [6, 6.07) is 20.2. The number of ketones is 1. The highest BCUT2D eigenvalue weighted by Gasteiger charge is 2.50. The van der Waals surface area contributed by atoms with Gasteiger partial charge in [0.1, 0.15) is 0 Å². The molecule has 0 radical (unpaired) electrons. The van der Waals surface area contributed by atoms with Gasteiger partial charge in [-0.2, -0.15) is 0 Å². The van der Waals surface area contributed by atoms with Crippen LogP contribution in [0.2, 0.25) is 5.04 Å². The third-order valence-electron chi connectivity index (χ3n) is 5.45. The molecule has 3 heteroatoms. The molecule has 3 rings (SSSR count). The van der Waals surface area contributed by atoms with E-state index in [-0.39, 0.29) is 10.8 Å². The molecule has 0 bridgehead atoms. The van der Waals surface area contributed by atoms with Crippen LogP contribution < -0.4 is 10.4 Å². The molecule has 0 saturated heterocycles. The smallest absolute Gasteiger partial charge is 0.258 e. The zero-order valence-corrected chi connectivity index (χ0v) is 16.0. The first-order valence-corrected chi connectivity index (χ1v) is 10.9. The molecule has 1 aliphatic carbocycles. The van der Waals surface area contributed by atoms with Crippen LogP contribution in [0.15, 0.2) is 72.8 Å². The van der Waals surface area contributed by atoms with Crippen LogP contribution >= 0.6 is 0 Å².